The number of fused-ring (bicyclic) bond motifs is 2. The van der Waals surface area contributed by atoms with Crippen LogP contribution < -0.4 is 4.74 Å². The van der Waals surface area contributed by atoms with Crippen LogP contribution in [0.4, 0.5) is 0 Å². The van der Waals surface area contributed by atoms with Crippen molar-refractivity contribution in [2.75, 3.05) is 7.11 Å². The summed E-state index contributed by atoms with van der Waals surface area (Å²) in [5.74, 6) is -2.17. The van der Waals surface area contributed by atoms with Gasteiger partial charge >= 0.3 is 0 Å². The lowest BCUT2D eigenvalue weighted by atomic mass is 9.79. The third-order valence-corrected chi connectivity index (χ3v) is 5.40. The number of allylic oxidation sites excluding steroid dienone is 4. The van der Waals surface area contributed by atoms with Crippen molar-refractivity contribution in [2.45, 2.75) is 0 Å². The van der Waals surface area contributed by atoms with E-state index in [1.807, 2.05) is 0 Å². The molecule has 0 N–H and O–H groups in total. The first kappa shape index (κ1) is 18.3. The van der Waals surface area contributed by atoms with Crippen LogP contribution in [0.15, 0.2) is 63.7 Å². The molecule has 0 aliphatic heterocycles. The lowest BCUT2D eigenvalue weighted by Crippen LogP contribution is -2.28. The molecule has 28 heavy (non-hydrogen) atoms. The number of Topliss-reactive ketones (excluding diaryl/α,β-unsaturated/α-hetero) is 4. The van der Waals surface area contributed by atoms with Gasteiger partial charge in [-0.15, -0.1) is 0 Å². The molecule has 4 rings (SSSR count). The molecule has 0 bridgehead atoms. The summed E-state index contributed by atoms with van der Waals surface area (Å²) >= 11 is 12.4. The average molecular weight is 413 g/mol. The van der Waals surface area contributed by atoms with Crippen LogP contribution in [0, 0.1) is 0 Å². The number of hydrogen-bond donors (Lipinski definition) is 0. The zero-order chi connectivity index (χ0) is 20.2. The molecule has 0 saturated heterocycles. The Morgan fingerprint density at radius 3 is 1.64 bits per heavy atom. The predicted molar refractivity (Wildman–Crippen MR) is 103 cm³/mol. The maximum absolute atomic E-state index is 13.1. The quantitative estimate of drug-likeness (QED) is 0.740. The molecular formula is C21H10Cl2O5. The van der Waals surface area contributed by atoms with Crippen molar-refractivity contribution < 1.29 is 23.9 Å². The second-order valence-electron chi connectivity index (χ2n) is 6.15. The van der Waals surface area contributed by atoms with Gasteiger partial charge in [-0.2, -0.15) is 0 Å². The highest BCUT2D eigenvalue weighted by atomic mass is 35.5. The summed E-state index contributed by atoms with van der Waals surface area (Å²) < 4.78 is 5.08. The third-order valence-electron chi connectivity index (χ3n) is 4.67. The van der Waals surface area contributed by atoms with Gasteiger partial charge in [0.05, 0.1) is 18.3 Å². The van der Waals surface area contributed by atoms with E-state index in [-0.39, 0.29) is 33.4 Å². The Morgan fingerprint density at radius 2 is 1.11 bits per heavy atom. The lowest BCUT2D eigenvalue weighted by Gasteiger charge is -2.23. The van der Waals surface area contributed by atoms with Crippen molar-refractivity contribution in [3.05, 3.63) is 85.9 Å². The van der Waals surface area contributed by atoms with Crippen LogP contribution in [0.5, 0.6) is 5.75 Å². The molecule has 0 fully saturated rings. The molecule has 2 aromatic rings. The Hall–Kier alpha value is -3.02. The second kappa shape index (κ2) is 6.55. The van der Waals surface area contributed by atoms with Gasteiger partial charge < -0.3 is 4.74 Å². The summed E-state index contributed by atoms with van der Waals surface area (Å²) in [6.07, 6.45) is 0. The number of methoxy groups -OCH3 is 1. The van der Waals surface area contributed by atoms with E-state index in [0.717, 1.165) is 0 Å². The first-order valence-corrected chi connectivity index (χ1v) is 8.88. The van der Waals surface area contributed by atoms with E-state index >= 15 is 0 Å². The number of carbonyl (C=O) groups is 4. The highest BCUT2D eigenvalue weighted by Gasteiger charge is 2.41. The van der Waals surface area contributed by atoms with Crippen molar-refractivity contribution in [3.8, 4) is 5.75 Å². The minimum atomic E-state index is -0.657. The Balaban J connectivity index is 1.95. The molecule has 2 aromatic carbocycles. The summed E-state index contributed by atoms with van der Waals surface area (Å²) in [6, 6.07) is 10.4. The molecule has 5 nitrogen and oxygen atoms in total. The lowest BCUT2D eigenvalue weighted by molar-refractivity contribution is 0.0959. The smallest absolute Gasteiger partial charge is 0.206 e. The van der Waals surface area contributed by atoms with Gasteiger partial charge in [0.1, 0.15) is 15.8 Å². The van der Waals surface area contributed by atoms with Gasteiger partial charge in [0.15, 0.2) is 11.6 Å². The minimum absolute atomic E-state index is 0.0567. The number of halogens is 2. The summed E-state index contributed by atoms with van der Waals surface area (Å²) in [5.41, 5.74) is -0.356. The van der Waals surface area contributed by atoms with E-state index < -0.39 is 33.2 Å². The van der Waals surface area contributed by atoms with E-state index in [1.54, 1.807) is 12.1 Å². The van der Waals surface area contributed by atoms with Crippen molar-refractivity contribution in [1.29, 1.82) is 0 Å². The zero-order valence-corrected chi connectivity index (χ0v) is 15.9. The average Bonchev–Trinajstić information content (AvgIpc) is 2.72. The van der Waals surface area contributed by atoms with Gasteiger partial charge in [0.2, 0.25) is 11.6 Å². The van der Waals surface area contributed by atoms with Crippen LogP contribution in [0.25, 0.3) is 0 Å². The maximum atomic E-state index is 13.1. The molecule has 2 aliphatic carbocycles. The molecule has 0 atom stereocenters. The molecule has 0 aromatic heterocycles. The first-order chi connectivity index (χ1) is 13.4. The Labute approximate surface area is 169 Å². The summed E-state index contributed by atoms with van der Waals surface area (Å²) in [6.45, 7) is 0. The minimum Gasteiger partial charge on any atom is -0.497 e. The van der Waals surface area contributed by atoms with Crippen LogP contribution in [0.2, 0.25) is 0 Å². The van der Waals surface area contributed by atoms with Crippen molar-refractivity contribution in [3.63, 3.8) is 0 Å². The van der Waals surface area contributed by atoms with Crippen LogP contribution in [-0.2, 0) is 0 Å². The molecule has 0 spiro atoms. The highest BCUT2D eigenvalue weighted by molar-refractivity contribution is 6.55. The van der Waals surface area contributed by atoms with Gasteiger partial charge in [-0.25, -0.2) is 0 Å². The number of ether oxygens (including phenoxy) is 1. The number of benzene rings is 2. The number of ketones is 4. The Morgan fingerprint density at radius 1 is 0.643 bits per heavy atom. The molecule has 0 unspecified atom stereocenters. The van der Waals surface area contributed by atoms with Crippen molar-refractivity contribution in [1.82, 2.24) is 0 Å². The topological polar surface area (TPSA) is 77.5 Å². The van der Waals surface area contributed by atoms with Gasteiger partial charge in [-0.3, -0.25) is 19.2 Å². The van der Waals surface area contributed by atoms with Gasteiger partial charge in [0, 0.05) is 22.3 Å². The van der Waals surface area contributed by atoms with Crippen molar-refractivity contribution >= 4 is 46.3 Å². The van der Waals surface area contributed by atoms with Crippen LogP contribution in [0.1, 0.15) is 41.4 Å². The molecule has 7 heteroatoms. The van der Waals surface area contributed by atoms with E-state index in [0.29, 0.717) is 5.75 Å². The largest absolute Gasteiger partial charge is 0.497 e. The predicted octanol–water partition coefficient (Wildman–Crippen LogP) is 4.14. The van der Waals surface area contributed by atoms with Crippen LogP contribution >= 0.6 is 23.2 Å². The van der Waals surface area contributed by atoms with Crippen LogP contribution in [0.3, 0.4) is 0 Å². The summed E-state index contributed by atoms with van der Waals surface area (Å²) in [5, 5.41) is -0.894. The fraction of sp³-hybridized carbons (Fsp3) is 0.0476. The van der Waals surface area contributed by atoms with E-state index in [2.05, 4.69) is 0 Å². The molecule has 2 aliphatic rings. The fourth-order valence-electron chi connectivity index (χ4n) is 3.29. The summed E-state index contributed by atoms with van der Waals surface area (Å²) in [4.78, 5) is 51.5. The monoisotopic (exact) mass is 412 g/mol. The molecule has 0 amide bonds. The first-order valence-electron chi connectivity index (χ1n) is 8.12. The molecular weight excluding hydrogens is 403 g/mol. The summed E-state index contributed by atoms with van der Waals surface area (Å²) in [7, 11) is 1.42. The Bertz CT molecular complexity index is 1190. The van der Waals surface area contributed by atoms with Crippen molar-refractivity contribution in [2.24, 2.45) is 0 Å². The second-order valence-corrected chi connectivity index (χ2v) is 6.91. The van der Waals surface area contributed by atoms with Gasteiger partial charge in [-0.05, 0) is 18.2 Å². The maximum Gasteiger partial charge on any atom is 0.206 e. The number of carbonyl (C=O) groups excluding carboxylic acids is 4. The number of hydrogen-bond acceptors (Lipinski definition) is 5. The molecule has 138 valence electrons. The third kappa shape index (κ3) is 2.47. The molecule has 0 radical (unpaired) electrons. The van der Waals surface area contributed by atoms with E-state index in [4.69, 9.17) is 27.9 Å². The highest BCUT2D eigenvalue weighted by Crippen LogP contribution is 2.39. The van der Waals surface area contributed by atoms with Crippen LogP contribution in [-0.4, -0.2) is 30.2 Å². The zero-order valence-electron chi connectivity index (χ0n) is 14.3. The fourth-order valence-corrected chi connectivity index (χ4v) is 3.86. The van der Waals surface area contributed by atoms with Gasteiger partial charge in [0.25, 0.3) is 0 Å². The van der Waals surface area contributed by atoms with E-state index in [9.17, 15) is 19.2 Å². The Kier molecular flexibility index (Phi) is 4.29. The SMILES string of the molecule is COc1ccc2c(c1)C(=O)C(Cl)=C(C1=C(Cl)C(=O)c3ccccc3C1=O)C2=O. The number of rotatable bonds is 2. The molecule has 0 heterocycles. The van der Waals surface area contributed by atoms with Gasteiger partial charge in [-0.1, -0.05) is 47.5 Å². The normalized spacial score (nSPS) is 16.4. The van der Waals surface area contributed by atoms with E-state index in [1.165, 1.54) is 37.4 Å². The molecule has 0 saturated carbocycles. The standard InChI is InChI=1S/C21H10Cl2O5/c1-28-9-6-7-12-13(8-9)21(27)17(23)15(19(12)25)14-16(22)20(26)11-5-3-2-4-10(11)18(14)24/h2-8H,1H3.